The van der Waals surface area contributed by atoms with Gasteiger partial charge in [0.2, 0.25) is 10.0 Å². The molecule has 1 unspecified atom stereocenters. The summed E-state index contributed by atoms with van der Waals surface area (Å²) < 4.78 is 56.4. The fraction of sp³-hybridized carbons (Fsp3) is 0.480. The van der Waals surface area contributed by atoms with Crippen LogP contribution < -0.4 is 5.32 Å². The third-order valence-corrected chi connectivity index (χ3v) is 9.49. The number of esters is 1. The Kier molecular flexibility index (Phi) is 10.1. The molecule has 2 aliphatic rings. The van der Waals surface area contributed by atoms with Crippen molar-refractivity contribution in [1.29, 1.82) is 0 Å². The number of methoxy groups -OCH3 is 2. The predicted molar refractivity (Wildman–Crippen MR) is 146 cm³/mol. The second kappa shape index (κ2) is 13.3. The average Bonchev–Trinajstić information content (AvgIpc) is 3.47. The van der Waals surface area contributed by atoms with Crippen molar-refractivity contribution in [3.05, 3.63) is 62.5 Å². The number of aromatic nitrogens is 1. The number of carbonyl (C=O) groups is 1. The fourth-order valence-corrected chi connectivity index (χ4v) is 6.79. The van der Waals surface area contributed by atoms with Gasteiger partial charge in [-0.25, -0.2) is 26.9 Å². The third-order valence-electron chi connectivity index (χ3n) is 6.55. The van der Waals surface area contributed by atoms with Gasteiger partial charge in [0.05, 0.1) is 38.3 Å². The molecule has 1 aromatic heterocycles. The van der Waals surface area contributed by atoms with Gasteiger partial charge in [0, 0.05) is 54.0 Å². The maximum absolute atomic E-state index is 13.9. The molecule has 1 fully saturated rings. The van der Waals surface area contributed by atoms with E-state index in [1.54, 1.807) is 18.7 Å². The zero-order chi connectivity index (χ0) is 28.0. The van der Waals surface area contributed by atoms with Crippen molar-refractivity contribution >= 4 is 44.8 Å². The minimum absolute atomic E-state index is 0.0819. The molecule has 1 atom stereocenters. The molecule has 39 heavy (non-hydrogen) atoms. The van der Waals surface area contributed by atoms with E-state index in [0.29, 0.717) is 48.2 Å². The van der Waals surface area contributed by atoms with Crippen LogP contribution in [0.1, 0.15) is 29.5 Å². The summed E-state index contributed by atoms with van der Waals surface area (Å²) in [4.78, 5) is 22.2. The van der Waals surface area contributed by atoms with Crippen molar-refractivity contribution in [2.45, 2.75) is 18.9 Å². The lowest BCUT2D eigenvalue weighted by Gasteiger charge is -2.36. The van der Waals surface area contributed by atoms with Crippen LogP contribution in [0.15, 0.2) is 46.0 Å². The van der Waals surface area contributed by atoms with Crippen LogP contribution in [0.4, 0.5) is 4.39 Å². The molecule has 0 spiro atoms. The molecular weight excluding hydrogens is 571 g/mol. The van der Waals surface area contributed by atoms with E-state index in [2.05, 4.69) is 10.3 Å². The lowest BCUT2D eigenvalue weighted by molar-refractivity contribution is -0.136. The lowest BCUT2D eigenvalue weighted by atomic mass is 9.86. The Labute approximate surface area is 235 Å². The molecule has 14 heteroatoms. The molecule has 0 amide bonds. The normalized spacial score (nSPS) is 19.1. The van der Waals surface area contributed by atoms with E-state index < -0.39 is 27.9 Å². The third kappa shape index (κ3) is 7.02. The minimum atomic E-state index is -3.51. The number of thiazole rings is 1. The Morgan fingerprint density at radius 1 is 1.23 bits per heavy atom. The molecule has 0 aliphatic carbocycles. The number of halogens is 2. The summed E-state index contributed by atoms with van der Waals surface area (Å²) in [5, 5.41) is 5.82. The van der Waals surface area contributed by atoms with E-state index in [1.807, 2.05) is 0 Å². The van der Waals surface area contributed by atoms with Gasteiger partial charge in [0.15, 0.2) is 10.8 Å². The van der Waals surface area contributed by atoms with Crippen LogP contribution in [0.5, 0.6) is 0 Å². The van der Waals surface area contributed by atoms with E-state index >= 15 is 0 Å². The highest BCUT2D eigenvalue weighted by atomic mass is 35.5. The number of rotatable bonds is 11. The smallest absolute Gasteiger partial charge is 0.338 e. The summed E-state index contributed by atoms with van der Waals surface area (Å²) in [7, 11) is -0.686. The fourth-order valence-electron chi connectivity index (χ4n) is 4.58. The van der Waals surface area contributed by atoms with Crippen molar-refractivity contribution in [2.75, 3.05) is 52.9 Å². The van der Waals surface area contributed by atoms with Crippen LogP contribution in [-0.4, -0.2) is 82.4 Å². The van der Waals surface area contributed by atoms with Gasteiger partial charge in [-0.3, -0.25) is 4.99 Å². The predicted octanol–water partition coefficient (Wildman–Crippen LogP) is 3.16. The summed E-state index contributed by atoms with van der Waals surface area (Å²) in [5.74, 6) is -0.991. The molecular formula is C25H30ClFN4O6S2. The Balaban J connectivity index is 1.61. The highest BCUT2D eigenvalue weighted by molar-refractivity contribution is 7.89. The topological polar surface area (TPSA) is 119 Å². The van der Waals surface area contributed by atoms with Gasteiger partial charge in [0.25, 0.3) is 0 Å². The van der Waals surface area contributed by atoms with Crippen molar-refractivity contribution in [1.82, 2.24) is 14.6 Å². The molecule has 0 bridgehead atoms. The Morgan fingerprint density at radius 3 is 2.64 bits per heavy atom. The van der Waals surface area contributed by atoms with Crippen LogP contribution in [-0.2, 0) is 29.0 Å². The summed E-state index contributed by atoms with van der Waals surface area (Å²) in [6.45, 7) is 1.35. The van der Waals surface area contributed by atoms with E-state index in [4.69, 9.17) is 30.8 Å². The number of piperidine rings is 1. The zero-order valence-electron chi connectivity index (χ0n) is 21.6. The summed E-state index contributed by atoms with van der Waals surface area (Å²) in [5.41, 5.74) is 1.27. The average molecular weight is 601 g/mol. The number of amidine groups is 1. The minimum Gasteiger partial charge on any atom is -0.466 e. The number of carbonyl (C=O) groups excluding carboxylic acids is 1. The summed E-state index contributed by atoms with van der Waals surface area (Å²) in [6.07, 6.45) is 2.56. The first-order chi connectivity index (χ1) is 18.7. The molecule has 212 valence electrons. The second-order valence-electron chi connectivity index (χ2n) is 8.92. The molecule has 1 N–H and O–H groups in total. The van der Waals surface area contributed by atoms with E-state index in [-0.39, 0.29) is 42.0 Å². The van der Waals surface area contributed by atoms with E-state index in [1.165, 1.54) is 41.0 Å². The molecule has 1 aromatic carbocycles. The van der Waals surface area contributed by atoms with Crippen molar-refractivity contribution < 1.29 is 31.8 Å². The summed E-state index contributed by atoms with van der Waals surface area (Å²) in [6, 6.07) is 3.07. The van der Waals surface area contributed by atoms with Gasteiger partial charge < -0.3 is 19.5 Å². The molecule has 3 heterocycles. The number of benzene rings is 1. The lowest BCUT2D eigenvalue weighted by Crippen LogP contribution is -2.44. The first-order valence-electron chi connectivity index (χ1n) is 12.3. The van der Waals surface area contributed by atoms with Crippen molar-refractivity contribution in [3.8, 4) is 0 Å². The van der Waals surface area contributed by atoms with Crippen LogP contribution in [0, 0.1) is 11.7 Å². The van der Waals surface area contributed by atoms with Gasteiger partial charge in [-0.05, 0) is 25.0 Å². The molecule has 2 aromatic rings. The number of aliphatic imine (C=N–C) groups is 1. The number of hydrogen-bond acceptors (Lipinski definition) is 10. The quantitative estimate of drug-likeness (QED) is 0.309. The monoisotopic (exact) mass is 600 g/mol. The molecule has 0 saturated carbocycles. The summed E-state index contributed by atoms with van der Waals surface area (Å²) >= 11 is 7.78. The van der Waals surface area contributed by atoms with Gasteiger partial charge in [0.1, 0.15) is 11.9 Å². The molecule has 4 rings (SSSR count). The Bertz CT molecular complexity index is 1330. The van der Waals surface area contributed by atoms with Gasteiger partial charge in [-0.2, -0.15) is 0 Å². The van der Waals surface area contributed by atoms with Crippen LogP contribution in [0.3, 0.4) is 0 Å². The molecule has 2 aliphatic heterocycles. The SMILES string of the molecule is COCCOCCS(=O)(=O)N1CCC(C2=C(C(=O)OC)C(c3ccc(F)cc3Cl)N=C(c3nccs3)N2)CC1. The van der Waals surface area contributed by atoms with Gasteiger partial charge in [-0.1, -0.05) is 17.7 Å². The maximum atomic E-state index is 13.9. The van der Waals surface area contributed by atoms with Gasteiger partial charge >= 0.3 is 5.97 Å². The maximum Gasteiger partial charge on any atom is 0.338 e. The largest absolute Gasteiger partial charge is 0.466 e. The number of ether oxygens (including phenoxy) is 3. The first-order valence-corrected chi connectivity index (χ1v) is 15.2. The number of nitrogens with zero attached hydrogens (tertiary/aromatic N) is 3. The zero-order valence-corrected chi connectivity index (χ0v) is 24.0. The Morgan fingerprint density at radius 2 is 2.00 bits per heavy atom. The van der Waals surface area contributed by atoms with E-state index in [9.17, 15) is 17.6 Å². The molecule has 1 saturated heterocycles. The molecule has 10 nitrogen and oxygen atoms in total. The number of sulfonamides is 1. The van der Waals surface area contributed by atoms with Crippen LogP contribution in [0.2, 0.25) is 5.02 Å². The number of hydrogen-bond donors (Lipinski definition) is 1. The van der Waals surface area contributed by atoms with Gasteiger partial charge in [-0.15, -0.1) is 11.3 Å². The van der Waals surface area contributed by atoms with Crippen LogP contribution >= 0.6 is 22.9 Å². The number of nitrogens with one attached hydrogen (secondary N) is 1. The van der Waals surface area contributed by atoms with Crippen molar-refractivity contribution in [3.63, 3.8) is 0 Å². The highest BCUT2D eigenvalue weighted by Gasteiger charge is 2.38. The van der Waals surface area contributed by atoms with Crippen LogP contribution in [0.25, 0.3) is 0 Å². The first kappa shape index (κ1) is 29.6. The number of allylic oxidation sites excluding steroid dienone is 1. The standard InChI is InChI=1S/C25H30ClFN4O6S2/c1-35-10-11-37-12-14-39(33,34)31-8-5-16(6-9-31)21-20(25(32)36-2)22(18-4-3-17(27)15-19(18)26)30-23(29-21)24-28-7-13-38-24/h3-4,7,13,15-16,22H,5-6,8-12,14H2,1-2H3,(H,29,30). The van der Waals surface area contributed by atoms with E-state index in [0.717, 1.165) is 0 Å². The second-order valence-corrected chi connectivity index (χ2v) is 12.3. The highest BCUT2D eigenvalue weighted by Crippen LogP contribution is 2.40. The molecule has 0 radical (unpaired) electrons. The Hall–Kier alpha value is -2.42. The van der Waals surface area contributed by atoms with Crippen molar-refractivity contribution in [2.24, 2.45) is 10.9 Å².